The molecule has 5 N–H and O–H groups in total. The molecular weight excluding hydrogens is 686 g/mol. The molecule has 3 heterocycles. The van der Waals surface area contributed by atoms with Gasteiger partial charge in [0, 0.05) is 23.7 Å². The number of ether oxygens (including phenoxy) is 1. The van der Waals surface area contributed by atoms with Crippen molar-refractivity contribution < 1.29 is 37.8 Å². The number of aromatic amines is 1. The topological polar surface area (TPSA) is 172 Å². The van der Waals surface area contributed by atoms with Crippen molar-refractivity contribution >= 4 is 45.6 Å². The molecule has 0 spiro atoms. The van der Waals surface area contributed by atoms with E-state index >= 15 is 0 Å². The first-order valence-corrected chi connectivity index (χ1v) is 17.5. The molecule has 1 fully saturated rings. The number of pyridine rings is 1. The zero-order valence-electron chi connectivity index (χ0n) is 31.0. The van der Waals surface area contributed by atoms with E-state index in [1.165, 1.54) is 19.1 Å². The number of H-pyrrole nitrogens is 1. The van der Waals surface area contributed by atoms with Crippen LogP contribution in [0.2, 0.25) is 0 Å². The lowest BCUT2D eigenvalue weighted by Gasteiger charge is -2.30. The van der Waals surface area contributed by atoms with Crippen molar-refractivity contribution in [1.82, 2.24) is 15.2 Å². The molecule has 0 saturated carbocycles. The lowest BCUT2D eigenvalue weighted by atomic mass is 9.96. The summed E-state index contributed by atoms with van der Waals surface area (Å²) in [5, 5.41) is 14.5. The van der Waals surface area contributed by atoms with E-state index in [4.69, 9.17) is 5.73 Å². The van der Waals surface area contributed by atoms with Crippen LogP contribution in [0.4, 0.5) is 13.6 Å². The molecule has 3 amide bonds. The largest absolute Gasteiger partial charge is 0.480 e. The summed E-state index contributed by atoms with van der Waals surface area (Å²) in [6, 6.07) is 11.2. The Bertz CT molecular complexity index is 1850. The second-order valence-corrected chi connectivity index (χ2v) is 13.9. The number of hydrogen-bond acceptors (Lipinski definition) is 6. The number of carboxylic acids is 1. The molecule has 0 aliphatic carbocycles. The van der Waals surface area contributed by atoms with Crippen molar-refractivity contribution in [2.75, 3.05) is 6.54 Å². The van der Waals surface area contributed by atoms with Gasteiger partial charge in [-0.2, -0.15) is 0 Å². The normalized spacial score (nSPS) is 19.9. The number of aromatic nitrogens is 1. The van der Waals surface area contributed by atoms with Gasteiger partial charge in [-0.25, -0.2) is 18.4 Å². The predicted molar refractivity (Wildman–Crippen MR) is 203 cm³/mol. The maximum absolute atomic E-state index is 13.0. The Morgan fingerprint density at radius 2 is 1.66 bits per heavy atom. The van der Waals surface area contributed by atoms with Gasteiger partial charge in [0.05, 0.1) is 5.52 Å². The second kappa shape index (κ2) is 20.6. The van der Waals surface area contributed by atoms with Crippen LogP contribution >= 0.6 is 0 Å². The number of amides is 3. The van der Waals surface area contributed by atoms with Crippen molar-refractivity contribution in [2.24, 2.45) is 5.73 Å². The third-order valence-corrected chi connectivity index (χ3v) is 8.27. The molecule has 2 aliphatic heterocycles. The number of carbonyl (C=O) groups excluding carboxylic acids is 3. The molecule has 13 heteroatoms. The van der Waals surface area contributed by atoms with Gasteiger partial charge >= 0.3 is 12.1 Å². The number of benzene rings is 2. The van der Waals surface area contributed by atoms with Gasteiger partial charge in [0.1, 0.15) is 28.8 Å². The van der Waals surface area contributed by atoms with Gasteiger partial charge in [-0.3, -0.25) is 14.4 Å². The molecule has 3 aromatic rings. The molecule has 1 aromatic heterocycles. The molecule has 5 rings (SSSR count). The summed E-state index contributed by atoms with van der Waals surface area (Å²) in [6.07, 6.45) is 11.1. The number of primary amides is 1. The van der Waals surface area contributed by atoms with Gasteiger partial charge < -0.3 is 30.8 Å². The van der Waals surface area contributed by atoms with Gasteiger partial charge in [-0.15, -0.1) is 0 Å². The maximum Gasteiger partial charge on any atom is 0.405 e. The second-order valence-electron chi connectivity index (χ2n) is 13.9. The number of carboxylic acid groups (broad SMARTS) is 1. The molecule has 1 saturated heterocycles. The average Bonchev–Trinajstić information content (AvgIpc) is 3.57. The molecular formula is C40H52F2N4O7. The number of nitrogens with zero attached hydrogens (tertiary/aromatic N) is 1. The molecule has 2 aromatic carbocycles. The highest BCUT2D eigenvalue weighted by Crippen LogP contribution is 2.23. The number of rotatable bonds is 2. The summed E-state index contributed by atoms with van der Waals surface area (Å²) < 4.78 is 28.7. The van der Waals surface area contributed by atoms with Crippen molar-refractivity contribution in [3.8, 4) is 0 Å². The average molecular weight is 739 g/mol. The molecule has 0 radical (unpaired) electrons. The van der Waals surface area contributed by atoms with Crippen LogP contribution in [0.5, 0.6) is 0 Å². The minimum absolute atomic E-state index is 0.0117. The quantitative estimate of drug-likeness (QED) is 0.119. The number of nitrogens with one attached hydrogen (secondary N) is 2. The number of carbonyl (C=O) groups is 4. The number of hydrogen-bond donors (Lipinski definition) is 4. The van der Waals surface area contributed by atoms with E-state index in [-0.39, 0.29) is 29.6 Å². The molecule has 0 bridgehead atoms. The maximum atomic E-state index is 13.0. The Morgan fingerprint density at radius 1 is 1.02 bits per heavy atom. The van der Waals surface area contributed by atoms with E-state index in [1.807, 2.05) is 30.4 Å². The third-order valence-electron chi connectivity index (χ3n) is 8.27. The van der Waals surface area contributed by atoms with E-state index in [0.717, 1.165) is 55.4 Å². The van der Waals surface area contributed by atoms with E-state index in [9.17, 15) is 37.9 Å². The van der Waals surface area contributed by atoms with E-state index in [1.54, 1.807) is 37.8 Å². The minimum atomic E-state index is -1.34. The van der Waals surface area contributed by atoms with Gasteiger partial charge in [0.25, 0.3) is 5.56 Å². The van der Waals surface area contributed by atoms with Crippen LogP contribution < -0.4 is 16.6 Å². The van der Waals surface area contributed by atoms with Gasteiger partial charge in [0.15, 0.2) is 0 Å². The SMILES string of the molecule is C=CC(=C)F.CC(C)(C)OC(N)=O.CC1(C(=O)O)C/C=C\CCCCCCC(=O)N2CCCC2C(=O)N1.O=c1[nH]c2cc(F)ccc2c2ccccc12. The first-order valence-electron chi connectivity index (χ1n) is 17.5. The van der Waals surface area contributed by atoms with Crippen molar-refractivity contribution in [3.05, 3.63) is 95.8 Å². The van der Waals surface area contributed by atoms with E-state index in [0.29, 0.717) is 30.3 Å². The van der Waals surface area contributed by atoms with Crippen LogP contribution in [0.25, 0.3) is 21.7 Å². The van der Waals surface area contributed by atoms with Crippen LogP contribution in [-0.4, -0.2) is 62.6 Å². The van der Waals surface area contributed by atoms with Crippen LogP contribution in [0, 0.1) is 5.82 Å². The monoisotopic (exact) mass is 738 g/mol. The van der Waals surface area contributed by atoms with Crippen LogP contribution in [0.15, 0.2) is 84.5 Å². The highest BCUT2D eigenvalue weighted by molar-refractivity contribution is 6.05. The molecule has 53 heavy (non-hydrogen) atoms. The zero-order chi connectivity index (χ0) is 39.8. The van der Waals surface area contributed by atoms with E-state index < -0.39 is 35.1 Å². The van der Waals surface area contributed by atoms with E-state index in [2.05, 4.69) is 28.2 Å². The number of allylic oxidation sites excluding steroid dienone is 3. The molecule has 2 aliphatic rings. The summed E-state index contributed by atoms with van der Waals surface area (Å²) in [5.74, 6) is -2.23. The number of nitrogens with two attached hydrogens (primary N) is 1. The Balaban J connectivity index is 0.000000286. The predicted octanol–water partition coefficient (Wildman–Crippen LogP) is 7.59. The Labute approximate surface area is 309 Å². The lowest BCUT2D eigenvalue weighted by molar-refractivity contribution is -0.148. The standard InChI is InChI=1S/C18H28N2O4.C13H8FNO.C5H11NO2.C4H5F/c1-18(17(23)24)12-8-6-4-2-3-5-7-11-15(21)20-13-9-10-14(20)16(22)19-18;14-8-5-6-10-9-3-1-2-4-11(9)13(16)15-12(10)7-8;1-5(2,3)8-4(6)7;1-3-4(2)5/h6,8,14H,2-5,7,9-13H2,1H3,(H,19,22)(H,23,24);1-7H,(H,15,16);1-3H3,(H2,6,7);3H,1-2H2/b8-6-;;;. The molecule has 11 nitrogen and oxygen atoms in total. The Kier molecular flexibility index (Phi) is 17.1. The van der Waals surface area contributed by atoms with Crippen molar-refractivity contribution in [3.63, 3.8) is 0 Å². The minimum Gasteiger partial charge on any atom is -0.480 e. The fourth-order valence-electron chi connectivity index (χ4n) is 5.62. The fourth-order valence-corrected chi connectivity index (χ4v) is 5.62. The Hall–Kier alpha value is -5.33. The fraction of sp³-hybridized carbons (Fsp3) is 0.425. The molecule has 2 unspecified atom stereocenters. The van der Waals surface area contributed by atoms with Gasteiger partial charge in [0.2, 0.25) is 11.8 Å². The lowest BCUT2D eigenvalue weighted by Crippen LogP contribution is -2.57. The van der Waals surface area contributed by atoms with Crippen LogP contribution in [0.3, 0.4) is 0 Å². The first kappa shape index (κ1) is 43.8. The van der Waals surface area contributed by atoms with Crippen molar-refractivity contribution in [1.29, 1.82) is 0 Å². The highest BCUT2D eigenvalue weighted by Gasteiger charge is 2.40. The molecule has 288 valence electrons. The highest BCUT2D eigenvalue weighted by atomic mass is 19.1. The summed E-state index contributed by atoms with van der Waals surface area (Å²) >= 11 is 0. The Morgan fingerprint density at radius 3 is 2.25 bits per heavy atom. The van der Waals surface area contributed by atoms with Crippen LogP contribution in [0.1, 0.15) is 85.5 Å². The third kappa shape index (κ3) is 14.7. The summed E-state index contributed by atoms with van der Waals surface area (Å²) in [7, 11) is 0. The molecule has 2 atom stereocenters. The number of aliphatic carboxylic acids is 1. The van der Waals surface area contributed by atoms with Crippen molar-refractivity contribution in [2.45, 2.75) is 103 Å². The van der Waals surface area contributed by atoms with Gasteiger partial charge in [-0.1, -0.05) is 56.4 Å². The van der Waals surface area contributed by atoms with Crippen LogP contribution in [-0.2, 0) is 19.1 Å². The summed E-state index contributed by atoms with van der Waals surface area (Å²) in [6.45, 7) is 13.4. The van der Waals surface area contributed by atoms with Gasteiger partial charge in [-0.05, 0) is 102 Å². The summed E-state index contributed by atoms with van der Waals surface area (Å²) in [5.41, 5.74) is 3.27. The zero-order valence-corrected chi connectivity index (χ0v) is 31.0. The number of halogens is 2. The first-order chi connectivity index (χ1) is 24.9. The number of fused-ring (bicyclic) bond motifs is 4. The summed E-state index contributed by atoms with van der Waals surface area (Å²) in [4.78, 5) is 62.7. The smallest absolute Gasteiger partial charge is 0.405 e.